The van der Waals surface area contributed by atoms with Crippen molar-refractivity contribution in [1.82, 2.24) is 0 Å². The first-order valence-corrected chi connectivity index (χ1v) is 9.52. The summed E-state index contributed by atoms with van der Waals surface area (Å²) in [5, 5.41) is 14.4. The molecule has 1 saturated heterocycles. The average Bonchev–Trinajstić information content (AvgIpc) is 2.73. The molecule has 0 aromatic heterocycles. The van der Waals surface area contributed by atoms with E-state index in [1.54, 1.807) is 12.1 Å². The van der Waals surface area contributed by atoms with Crippen LogP contribution in [0.4, 0.5) is 17.1 Å². The van der Waals surface area contributed by atoms with Gasteiger partial charge in [0.15, 0.2) is 0 Å². The zero-order chi connectivity index (χ0) is 20.1. The number of hydrogen-bond donors (Lipinski definition) is 1. The van der Waals surface area contributed by atoms with Crippen molar-refractivity contribution in [2.45, 2.75) is 26.2 Å². The van der Waals surface area contributed by atoms with Gasteiger partial charge in [-0.15, -0.1) is 0 Å². The van der Waals surface area contributed by atoms with Crippen LogP contribution in [0, 0.1) is 10.1 Å². The molecule has 148 valence electrons. The normalized spacial score (nSPS) is 15.1. The van der Waals surface area contributed by atoms with E-state index in [4.69, 9.17) is 4.74 Å². The molecule has 7 nitrogen and oxygen atoms in total. The minimum Gasteiger partial charge on any atom is -0.378 e. The SMILES string of the molecule is CC[C@@H](C)c1ccc(NC(=O)c2ccc(N3CCOCC3)c([N+](=O)[O-])c2)cc1. The first-order chi connectivity index (χ1) is 13.5. The predicted octanol–water partition coefficient (Wildman–Crippen LogP) is 4.20. The van der Waals surface area contributed by atoms with Crippen LogP contribution < -0.4 is 10.2 Å². The number of hydrogen-bond acceptors (Lipinski definition) is 5. The van der Waals surface area contributed by atoms with Gasteiger partial charge < -0.3 is 15.0 Å². The topological polar surface area (TPSA) is 84.7 Å². The molecule has 1 aliphatic rings. The molecule has 1 aliphatic heterocycles. The standard InChI is InChI=1S/C21H25N3O4/c1-3-15(2)16-4-7-18(8-5-16)22-21(25)17-6-9-19(20(14-17)24(26)27)23-10-12-28-13-11-23/h4-9,14-15H,3,10-13H2,1-2H3,(H,22,25)/t15-/m1/s1. The molecule has 1 fully saturated rings. The maximum Gasteiger partial charge on any atom is 0.293 e. The second kappa shape index (κ2) is 8.84. The number of rotatable bonds is 6. The minimum atomic E-state index is -0.442. The first kappa shape index (κ1) is 19.8. The highest BCUT2D eigenvalue weighted by Crippen LogP contribution is 2.30. The molecular formula is C21H25N3O4. The van der Waals surface area contributed by atoms with Crippen LogP contribution in [0.2, 0.25) is 0 Å². The summed E-state index contributed by atoms with van der Waals surface area (Å²) < 4.78 is 5.30. The van der Waals surface area contributed by atoms with Gasteiger partial charge in [0.1, 0.15) is 5.69 Å². The number of nitro groups is 1. The maximum absolute atomic E-state index is 12.6. The molecule has 0 saturated carbocycles. The number of carbonyl (C=O) groups is 1. The lowest BCUT2D eigenvalue weighted by atomic mass is 9.98. The van der Waals surface area contributed by atoms with Gasteiger partial charge in [-0.2, -0.15) is 0 Å². The lowest BCUT2D eigenvalue weighted by Crippen LogP contribution is -2.36. The zero-order valence-electron chi connectivity index (χ0n) is 16.2. The summed E-state index contributed by atoms with van der Waals surface area (Å²) in [6.07, 6.45) is 1.05. The van der Waals surface area contributed by atoms with Crippen LogP contribution in [-0.2, 0) is 4.74 Å². The van der Waals surface area contributed by atoms with Gasteiger partial charge in [0.05, 0.1) is 18.1 Å². The number of amides is 1. The molecule has 2 aromatic rings. The van der Waals surface area contributed by atoms with Crippen molar-refractivity contribution in [2.24, 2.45) is 0 Å². The quantitative estimate of drug-likeness (QED) is 0.597. The van der Waals surface area contributed by atoms with E-state index in [-0.39, 0.29) is 17.2 Å². The van der Waals surface area contributed by atoms with E-state index in [2.05, 4.69) is 19.2 Å². The molecule has 0 aliphatic carbocycles. The van der Waals surface area contributed by atoms with Gasteiger partial charge in [-0.1, -0.05) is 26.0 Å². The molecule has 1 amide bonds. The van der Waals surface area contributed by atoms with Crippen molar-refractivity contribution in [1.29, 1.82) is 0 Å². The van der Waals surface area contributed by atoms with E-state index in [0.717, 1.165) is 6.42 Å². The monoisotopic (exact) mass is 383 g/mol. The number of benzene rings is 2. The summed E-state index contributed by atoms with van der Waals surface area (Å²) in [6, 6.07) is 12.3. The van der Waals surface area contributed by atoms with Crippen LogP contribution in [0.15, 0.2) is 42.5 Å². The molecule has 0 unspecified atom stereocenters. The lowest BCUT2D eigenvalue weighted by Gasteiger charge is -2.28. The van der Waals surface area contributed by atoms with Crippen molar-refractivity contribution < 1.29 is 14.5 Å². The Labute approximate surface area is 164 Å². The number of nitrogens with zero attached hydrogens (tertiary/aromatic N) is 2. The molecule has 0 radical (unpaired) electrons. The van der Waals surface area contributed by atoms with Crippen LogP contribution in [0.3, 0.4) is 0 Å². The van der Waals surface area contributed by atoms with Gasteiger partial charge in [-0.05, 0) is 42.2 Å². The van der Waals surface area contributed by atoms with E-state index >= 15 is 0 Å². The Hall–Kier alpha value is -2.93. The Bertz CT molecular complexity index is 845. The van der Waals surface area contributed by atoms with Crippen LogP contribution in [0.1, 0.15) is 42.1 Å². The highest BCUT2D eigenvalue weighted by atomic mass is 16.6. The largest absolute Gasteiger partial charge is 0.378 e. The van der Waals surface area contributed by atoms with Gasteiger partial charge in [-0.25, -0.2) is 0 Å². The van der Waals surface area contributed by atoms with Crippen LogP contribution in [0.5, 0.6) is 0 Å². The Kier molecular flexibility index (Phi) is 6.26. The molecule has 28 heavy (non-hydrogen) atoms. The Morgan fingerprint density at radius 1 is 1.21 bits per heavy atom. The zero-order valence-corrected chi connectivity index (χ0v) is 16.2. The molecule has 0 bridgehead atoms. The smallest absolute Gasteiger partial charge is 0.293 e. The molecular weight excluding hydrogens is 358 g/mol. The average molecular weight is 383 g/mol. The predicted molar refractivity (Wildman–Crippen MR) is 109 cm³/mol. The Morgan fingerprint density at radius 3 is 2.50 bits per heavy atom. The lowest BCUT2D eigenvalue weighted by molar-refractivity contribution is -0.384. The van der Waals surface area contributed by atoms with Crippen molar-refractivity contribution in [3.8, 4) is 0 Å². The molecule has 2 aromatic carbocycles. The second-order valence-electron chi connectivity index (χ2n) is 6.95. The molecule has 1 N–H and O–H groups in total. The number of carbonyl (C=O) groups excluding carboxylic acids is 1. The van der Waals surface area contributed by atoms with Gasteiger partial charge in [0.2, 0.25) is 0 Å². The van der Waals surface area contributed by atoms with Crippen LogP contribution in [0.25, 0.3) is 0 Å². The number of nitro benzene ring substituents is 1. The highest BCUT2D eigenvalue weighted by Gasteiger charge is 2.23. The third kappa shape index (κ3) is 4.48. The van der Waals surface area contributed by atoms with Gasteiger partial charge in [0.25, 0.3) is 11.6 Å². The second-order valence-corrected chi connectivity index (χ2v) is 6.95. The third-order valence-corrected chi connectivity index (χ3v) is 5.14. The fourth-order valence-corrected chi connectivity index (χ4v) is 3.22. The third-order valence-electron chi connectivity index (χ3n) is 5.14. The molecule has 3 rings (SSSR count). The van der Waals surface area contributed by atoms with Crippen molar-refractivity contribution in [3.63, 3.8) is 0 Å². The summed E-state index contributed by atoms with van der Waals surface area (Å²) in [6.45, 7) is 6.54. The van der Waals surface area contributed by atoms with Crippen molar-refractivity contribution >= 4 is 23.0 Å². The number of morpholine rings is 1. The number of nitrogens with one attached hydrogen (secondary N) is 1. The fourth-order valence-electron chi connectivity index (χ4n) is 3.22. The summed E-state index contributed by atoms with van der Waals surface area (Å²) in [5.41, 5.74) is 2.59. The van der Waals surface area contributed by atoms with E-state index < -0.39 is 4.92 Å². The summed E-state index contributed by atoms with van der Waals surface area (Å²) in [5.74, 6) is 0.0908. The minimum absolute atomic E-state index is 0.0679. The van der Waals surface area contributed by atoms with Gasteiger partial charge >= 0.3 is 0 Å². The number of anilines is 2. The summed E-state index contributed by atoms with van der Waals surface area (Å²) in [4.78, 5) is 25.6. The molecule has 7 heteroatoms. The Morgan fingerprint density at radius 2 is 1.89 bits per heavy atom. The molecule has 1 heterocycles. The van der Waals surface area contributed by atoms with E-state index in [1.807, 2.05) is 29.2 Å². The highest BCUT2D eigenvalue weighted by molar-refractivity contribution is 6.05. The summed E-state index contributed by atoms with van der Waals surface area (Å²) in [7, 11) is 0. The van der Waals surface area contributed by atoms with Crippen molar-refractivity contribution in [3.05, 3.63) is 63.7 Å². The van der Waals surface area contributed by atoms with Crippen LogP contribution >= 0.6 is 0 Å². The maximum atomic E-state index is 12.6. The number of ether oxygens (including phenoxy) is 1. The molecule has 1 atom stereocenters. The van der Waals surface area contributed by atoms with Crippen molar-refractivity contribution in [2.75, 3.05) is 36.5 Å². The van der Waals surface area contributed by atoms with E-state index in [0.29, 0.717) is 43.6 Å². The van der Waals surface area contributed by atoms with E-state index in [9.17, 15) is 14.9 Å². The van der Waals surface area contributed by atoms with Gasteiger partial charge in [-0.3, -0.25) is 14.9 Å². The molecule has 0 spiro atoms. The summed E-state index contributed by atoms with van der Waals surface area (Å²) >= 11 is 0. The van der Waals surface area contributed by atoms with Gasteiger partial charge in [0, 0.05) is 30.4 Å². The van der Waals surface area contributed by atoms with E-state index in [1.165, 1.54) is 11.6 Å². The fraction of sp³-hybridized carbons (Fsp3) is 0.381. The van der Waals surface area contributed by atoms with Crippen LogP contribution in [-0.4, -0.2) is 37.1 Å². The first-order valence-electron chi connectivity index (χ1n) is 9.52. The Balaban J connectivity index is 1.78.